The van der Waals surface area contributed by atoms with Crippen molar-refractivity contribution in [1.82, 2.24) is 20.3 Å². The number of halogens is 10. The Kier molecular flexibility index (Phi) is 8.60. The normalized spacial score (nSPS) is 15.0. The van der Waals surface area contributed by atoms with Crippen molar-refractivity contribution in [3.63, 3.8) is 0 Å². The molecule has 3 aromatic rings. The summed E-state index contributed by atoms with van der Waals surface area (Å²) in [7, 11) is 0. The molecule has 0 unspecified atom stereocenters. The van der Waals surface area contributed by atoms with Gasteiger partial charge in [-0.3, -0.25) is 9.59 Å². The zero-order valence-corrected chi connectivity index (χ0v) is 21.4. The second-order valence-electron chi connectivity index (χ2n) is 9.32. The van der Waals surface area contributed by atoms with Gasteiger partial charge in [0.05, 0.1) is 17.3 Å². The predicted octanol–water partition coefficient (Wildman–Crippen LogP) is 5.44. The van der Waals surface area contributed by atoms with E-state index in [1.807, 2.05) is 0 Å². The maximum absolute atomic E-state index is 15.4. The Hall–Kier alpha value is -4.38. The summed E-state index contributed by atoms with van der Waals surface area (Å²) in [6, 6.07) is 3.49. The van der Waals surface area contributed by atoms with Crippen LogP contribution in [0.3, 0.4) is 0 Å². The molecule has 1 aliphatic heterocycles. The van der Waals surface area contributed by atoms with Gasteiger partial charge in [-0.15, -0.1) is 13.2 Å². The van der Waals surface area contributed by atoms with Crippen molar-refractivity contribution in [2.75, 3.05) is 18.0 Å². The molecule has 1 amide bonds. The lowest BCUT2D eigenvalue weighted by atomic mass is 9.95. The van der Waals surface area contributed by atoms with Crippen molar-refractivity contribution >= 4 is 11.7 Å². The molecule has 1 saturated heterocycles. The van der Waals surface area contributed by atoms with E-state index in [0.717, 1.165) is 12.3 Å². The van der Waals surface area contributed by atoms with Crippen LogP contribution in [0, 0.1) is 11.7 Å². The van der Waals surface area contributed by atoms with Gasteiger partial charge in [0.2, 0.25) is 5.91 Å². The van der Waals surface area contributed by atoms with E-state index in [1.165, 1.54) is 6.07 Å². The van der Waals surface area contributed by atoms with Crippen LogP contribution in [-0.4, -0.2) is 40.3 Å². The summed E-state index contributed by atoms with van der Waals surface area (Å²) in [5.74, 6) is -4.34. The van der Waals surface area contributed by atoms with Crippen LogP contribution in [-0.2, 0) is 23.7 Å². The molecule has 1 aromatic carbocycles. The Morgan fingerprint density at radius 2 is 1.67 bits per heavy atom. The summed E-state index contributed by atoms with van der Waals surface area (Å²) in [6.45, 7) is -0.114. The Morgan fingerprint density at radius 1 is 1.00 bits per heavy atom. The standard InChI is InChI=1S/C25H19F10N5O3/c26-20-13(1-3-15(23(27,28)29)19(20)21-38-16(24(30,31)32)9-18(41)39-21)10-37-22(42)12-5-7-40(8-6-12)17-4-2-14(11-36-17)43-25(33,34)35/h1-4,9,11-12H,5-8,10H2,(H,37,42)(H,38,39,41). The summed E-state index contributed by atoms with van der Waals surface area (Å²) in [5.41, 5.74) is -6.92. The Balaban J connectivity index is 1.46. The largest absolute Gasteiger partial charge is 0.573 e. The number of aromatic amines is 1. The van der Waals surface area contributed by atoms with Crippen molar-refractivity contribution in [3.8, 4) is 17.1 Å². The molecule has 3 heterocycles. The molecule has 0 radical (unpaired) electrons. The number of amides is 1. The predicted molar refractivity (Wildman–Crippen MR) is 128 cm³/mol. The highest BCUT2D eigenvalue weighted by molar-refractivity contribution is 5.79. The maximum atomic E-state index is 15.4. The van der Waals surface area contributed by atoms with Crippen LogP contribution in [0.4, 0.5) is 49.7 Å². The Bertz CT molecular complexity index is 1530. The third-order valence-electron chi connectivity index (χ3n) is 6.39. The number of piperidine rings is 1. The first kappa shape index (κ1) is 31.6. The number of alkyl halides is 9. The van der Waals surface area contributed by atoms with E-state index < -0.39 is 82.4 Å². The van der Waals surface area contributed by atoms with Crippen LogP contribution in [0.5, 0.6) is 5.75 Å². The van der Waals surface area contributed by atoms with E-state index in [2.05, 4.69) is 20.0 Å². The third kappa shape index (κ3) is 7.72. The molecule has 0 bridgehead atoms. The highest BCUT2D eigenvalue weighted by Gasteiger charge is 2.39. The minimum atomic E-state index is -5.24. The highest BCUT2D eigenvalue weighted by Crippen LogP contribution is 2.39. The average molecular weight is 627 g/mol. The second kappa shape index (κ2) is 11.7. The molecule has 0 saturated carbocycles. The number of benzene rings is 1. The first-order chi connectivity index (χ1) is 19.9. The topological polar surface area (TPSA) is 100 Å². The number of anilines is 1. The number of carbonyl (C=O) groups excluding carboxylic acids is 1. The fourth-order valence-electron chi connectivity index (χ4n) is 4.40. The van der Waals surface area contributed by atoms with Crippen LogP contribution < -0.4 is 20.5 Å². The number of hydrogen-bond donors (Lipinski definition) is 2. The summed E-state index contributed by atoms with van der Waals surface area (Å²) < 4.78 is 136. The summed E-state index contributed by atoms with van der Waals surface area (Å²) >= 11 is 0. The number of nitrogens with one attached hydrogen (secondary N) is 2. The van der Waals surface area contributed by atoms with Crippen LogP contribution in [0.1, 0.15) is 29.7 Å². The van der Waals surface area contributed by atoms with Gasteiger partial charge in [0.15, 0.2) is 5.69 Å². The van der Waals surface area contributed by atoms with Crippen molar-refractivity contribution in [1.29, 1.82) is 0 Å². The molecule has 2 aromatic heterocycles. The molecule has 232 valence electrons. The number of nitrogens with zero attached hydrogens (tertiary/aromatic N) is 3. The van der Waals surface area contributed by atoms with Crippen LogP contribution in [0.2, 0.25) is 0 Å². The van der Waals surface area contributed by atoms with Gasteiger partial charge in [-0.25, -0.2) is 14.4 Å². The van der Waals surface area contributed by atoms with Crippen LogP contribution >= 0.6 is 0 Å². The lowest BCUT2D eigenvalue weighted by Crippen LogP contribution is -2.40. The van der Waals surface area contributed by atoms with Gasteiger partial charge in [-0.1, -0.05) is 6.07 Å². The number of aromatic nitrogens is 3. The van der Waals surface area contributed by atoms with E-state index in [4.69, 9.17) is 0 Å². The van der Waals surface area contributed by atoms with Crippen LogP contribution in [0.25, 0.3) is 11.4 Å². The smallest absolute Gasteiger partial charge is 0.404 e. The third-order valence-corrected chi connectivity index (χ3v) is 6.39. The zero-order valence-electron chi connectivity index (χ0n) is 21.4. The molecule has 2 N–H and O–H groups in total. The lowest BCUT2D eigenvalue weighted by molar-refractivity contribution is -0.274. The highest BCUT2D eigenvalue weighted by atomic mass is 19.4. The molecule has 18 heteroatoms. The lowest BCUT2D eigenvalue weighted by Gasteiger charge is -2.32. The molecule has 0 spiro atoms. The maximum Gasteiger partial charge on any atom is 0.573 e. The Morgan fingerprint density at radius 3 is 2.23 bits per heavy atom. The summed E-state index contributed by atoms with van der Waals surface area (Å²) in [6.07, 6.45) is -14.0. The molecule has 4 rings (SSSR count). The molecular weight excluding hydrogens is 608 g/mol. The molecule has 8 nitrogen and oxygen atoms in total. The van der Waals surface area contributed by atoms with Crippen molar-refractivity contribution in [2.45, 2.75) is 38.1 Å². The van der Waals surface area contributed by atoms with E-state index in [-0.39, 0.29) is 32.0 Å². The van der Waals surface area contributed by atoms with E-state index in [9.17, 15) is 49.1 Å². The minimum absolute atomic E-state index is 0.0114. The summed E-state index contributed by atoms with van der Waals surface area (Å²) in [4.78, 5) is 34.8. The van der Waals surface area contributed by atoms with Gasteiger partial charge in [0.1, 0.15) is 23.2 Å². The Labute approximate surface area is 234 Å². The van der Waals surface area contributed by atoms with E-state index in [0.29, 0.717) is 18.0 Å². The molecule has 0 aliphatic carbocycles. The SMILES string of the molecule is O=C(NCc1ccc(C(F)(F)F)c(-c2nc(C(F)(F)F)cc(=O)[nH]2)c1F)C1CCN(c2ccc(OC(F)(F)F)cn2)CC1. The molecule has 1 fully saturated rings. The quantitative estimate of drug-likeness (QED) is 0.354. The number of hydrogen-bond acceptors (Lipinski definition) is 6. The van der Waals surface area contributed by atoms with E-state index >= 15 is 4.39 Å². The van der Waals surface area contributed by atoms with Gasteiger partial charge < -0.3 is 19.9 Å². The average Bonchev–Trinajstić information content (AvgIpc) is 2.90. The van der Waals surface area contributed by atoms with Gasteiger partial charge in [-0.2, -0.15) is 26.3 Å². The van der Waals surface area contributed by atoms with E-state index in [1.54, 1.807) is 9.88 Å². The number of ether oxygens (including phenoxy) is 1. The zero-order chi connectivity index (χ0) is 31.7. The van der Waals surface area contributed by atoms with Gasteiger partial charge in [0, 0.05) is 37.2 Å². The fourth-order valence-corrected chi connectivity index (χ4v) is 4.40. The molecule has 1 aliphatic rings. The van der Waals surface area contributed by atoms with Gasteiger partial charge >= 0.3 is 18.7 Å². The number of H-pyrrole nitrogens is 1. The molecule has 0 atom stereocenters. The van der Waals surface area contributed by atoms with Crippen molar-refractivity contribution in [2.24, 2.45) is 5.92 Å². The second-order valence-corrected chi connectivity index (χ2v) is 9.32. The molecule has 43 heavy (non-hydrogen) atoms. The van der Waals surface area contributed by atoms with Crippen LogP contribution in [0.15, 0.2) is 41.3 Å². The monoisotopic (exact) mass is 627 g/mol. The summed E-state index contributed by atoms with van der Waals surface area (Å²) in [5, 5.41) is 2.39. The van der Waals surface area contributed by atoms with Crippen molar-refractivity contribution in [3.05, 3.63) is 69.5 Å². The number of pyridine rings is 1. The first-order valence-corrected chi connectivity index (χ1v) is 12.2. The fraction of sp³-hybridized carbons (Fsp3) is 0.360. The van der Waals surface area contributed by atoms with Gasteiger partial charge in [0.25, 0.3) is 5.56 Å². The van der Waals surface area contributed by atoms with Gasteiger partial charge in [-0.05, 0) is 31.0 Å². The molecular formula is C25H19F10N5O3. The first-order valence-electron chi connectivity index (χ1n) is 12.2. The van der Waals surface area contributed by atoms with Crippen molar-refractivity contribution < 1.29 is 53.4 Å². The minimum Gasteiger partial charge on any atom is -0.404 e. The number of carbonyl (C=O) groups is 1. The number of rotatable bonds is 6.